The number of hydrogen-bond acceptors (Lipinski definition) is 3. The number of aliphatic carboxylic acids is 1. The van der Waals surface area contributed by atoms with E-state index in [2.05, 4.69) is 0 Å². The molecular formula is C11H10O4. The summed E-state index contributed by atoms with van der Waals surface area (Å²) in [5.74, 6) is 0.690. The Morgan fingerprint density at radius 3 is 2.87 bits per heavy atom. The average Bonchev–Trinajstić information content (AvgIpc) is 2.89. The smallest absolute Gasteiger partial charge is 0.307 e. The topological polar surface area (TPSA) is 55.8 Å². The molecule has 4 nitrogen and oxygen atoms in total. The SMILES string of the molecule is O=C(O)[C@@H]1C[C@@H]1c1ccc2c(c1)OCO2. The van der Waals surface area contributed by atoms with Gasteiger partial charge in [0.2, 0.25) is 6.79 Å². The van der Waals surface area contributed by atoms with Crippen LogP contribution in [0.1, 0.15) is 17.9 Å². The first-order valence-electron chi connectivity index (χ1n) is 4.88. The standard InChI is InChI=1S/C11H10O4/c12-11(13)8-4-7(8)6-1-2-9-10(3-6)15-5-14-9/h1-3,7-8H,4-5H2,(H,12,13)/t7-,8-/m1/s1. The van der Waals surface area contributed by atoms with Crippen LogP contribution in [0.5, 0.6) is 11.5 Å². The van der Waals surface area contributed by atoms with E-state index in [0.29, 0.717) is 0 Å². The lowest BCUT2D eigenvalue weighted by molar-refractivity contribution is -0.138. The first-order valence-corrected chi connectivity index (χ1v) is 4.88. The van der Waals surface area contributed by atoms with Crippen LogP contribution in [0.4, 0.5) is 0 Å². The number of carboxylic acids is 1. The lowest BCUT2D eigenvalue weighted by Crippen LogP contribution is -1.98. The zero-order valence-electron chi connectivity index (χ0n) is 7.97. The molecular weight excluding hydrogens is 196 g/mol. The Morgan fingerprint density at radius 2 is 2.13 bits per heavy atom. The predicted molar refractivity (Wildman–Crippen MR) is 51.0 cm³/mol. The molecule has 1 saturated carbocycles. The van der Waals surface area contributed by atoms with Crippen molar-refractivity contribution in [2.45, 2.75) is 12.3 Å². The Bertz CT molecular complexity index is 427. The molecule has 4 heteroatoms. The number of rotatable bonds is 2. The zero-order chi connectivity index (χ0) is 10.4. The maximum Gasteiger partial charge on any atom is 0.307 e. The largest absolute Gasteiger partial charge is 0.481 e. The summed E-state index contributed by atoms with van der Waals surface area (Å²) in [5, 5.41) is 8.82. The molecule has 15 heavy (non-hydrogen) atoms. The second-order valence-electron chi connectivity index (χ2n) is 3.90. The average molecular weight is 206 g/mol. The molecule has 0 amide bonds. The highest BCUT2D eigenvalue weighted by Crippen LogP contribution is 2.49. The van der Waals surface area contributed by atoms with Gasteiger partial charge < -0.3 is 14.6 Å². The summed E-state index contributed by atoms with van der Waals surface area (Å²) in [4.78, 5) is 10.7. The Morgan fingerprint density at radius 1 is 1.33 bits per heavy atom. The predicted octanol–water partition coefficient (Wildman–Crippen LogP) is 1.60. The van der Waals surface area contributed by atoms with Crippen molar-refractivity contribution in [2.24, 2.45) is 5.92 Å². The van der Waals surface area contributed by atoms with Crippen LogP contribution in [-0.4, -0.2) is 17.9 Å². The van der Waals surface area contributed by atoms with Crippen LogP contribution in [0, 0.1) is 5.92 Å². The number of fused-ring (bicyclic) bond motifs is 1. The molecule has 0 bridgehead atoms. The van der Waals surface area contributed by atoms with Crippen LogP contribution >= 0.6 is 0 Å². The van der Waals surface area contributed by atoms with E-state index in [1.54, 1.807) is 0 Å². The van der Waals surface area contributed by atoms with E-state index in [4.69, 9.17) is 14.6 Å². The number of benzene rings is 1. The van der Waals surface area contributed by atoms with E-state index in [0.717, 1.165) is 23.5 Å². The highest BCUT2D eigenvalue weighted by atomic mass is 16.7. The summed E-state index contributed by atoms with van der Waals surface area (Å²) in [7, 11) is 0. The minimum absolute atomic E-state index is 0.150. The van der Waals surface area contributed by atoms with Gasteiger partial charge in [0.15, 0.2) is 11.5 Å². The maximum atomic E-state index is 10.7. The van der Waals surface area contributed by atoms with Crippen molar-refractivity contribution in [2.75, 3.05) is 6.79 Å². The van der Waals surface area contributed by atoms with Crippen molar-refractivity contribution in [3.63, 3.8) is 0 Å². The third-order valence-electron chi connectivity index (χ3n) is 2.93. The van der Waals surface area contributed by atoms with Gasteiger partial charge in [-0.1, -0.05) is 6.07 Å². The zero-order valence-corrected chi connectivity index (χ0v) is 7.97. The Hall–Kier alpha value is -1.71. The third kappa shape index (κ3) is 1.33. The first-order chi connectivity index (χ1) is 7.25. The van der Waals surface area contributed by atoms with E-state index in [1.807, 2.05) is 18.2 Å². The minimum atomic E-state index is -0.710. The molecule has 0 aromatic heterocycles. The van der Waals surface area contributed by atoms with Crippen LogP contribution in [-0.2, 0) is 4.79 Å². The van der Waals surface area contributed by atoms with Gasteiger partial charge in [0.25, 0.3) is 0 Å². The fourth-order valence-electron chi connectivity index (χ4n) is 1.98. The molecule has 1 N–H and O–H groups in total. The Labute approximate surface area is 86.4 Å². The van der Waals surface area contributed by atoms with Gasteiger partial charge in [-0.15, -0.1) is 0 Å². The van der Waals surface area contributed by atoms with Gasteiger partial charge in [-0.2, -0.15) is 0 Å². The maximum absolute atomic E-state index is 10.7. The number of hydrogen-bond donors (Lipinski definition) is 1. The summed E-state index contributed by atoms with van der Waals surface area (Å²) in [5.41, 5.74) is 1.03. The number of carboxylic acid groups (broad SMARTS) is 1. The molecule has 2 aliphatic rings. The molecule has 1 aliphatic heterocycles. The Balaban J connectivity index is 1.86. The second kappa shape index (κ2) is 2.89. The van der Waals surface area contributed by atoms with E-state index in [1.165, 1.54) is 0 Å². The van der Waals surface area contributed by atoms with E-state index in [9.17, 15) is 4.79 Å². The summed E-state index contributed by atoms with van der Waals surface area (Å²) in [6.45, 7) is 0.256. The first kappa shape index (κ1) is 8.59. The van der Waals surface area contributed by atoms with Crippen molar-refractivity contribution in [1.29, 1.82) is 0 Å². The summed E-state index contributed by atoms with van der Waals surface area (Å²) < 4.78 is 10.4. The van der Waals surface area contributed by atoms with Crippen molar-refractivity contribution < 1.29 is 19.4 Å². The van der Waals surface area contributed by atoms with Crippen LogP contribution in [0.2, 0.25) is 0 Å². The van der Waals surface area contributed by atoms with Gasteiger partial charge in [-0.05, 0) is 30.0 Å². The number of ether oxygens (including phenoxy) is 2. The van der Waals surface area contributed by atoms with Crippen molar-refractivity contribution in [3.8, 4) is 11.5 Å². The molecule has 1 heterocycles. The van der Waals surface area contributed by atoms with Crippen molar-refractivity contribution in [3.05, 3.63) is 23.8 Å². The minimum Gasteiger partial charge on any atom is -0.481 e. The van der Waals surface area contributed by atoms with Gasteiger partial charge in [0, 0.05) is 0 Å². The summed E-state index contributed by atoms with van der Waals surface area (Å²) in [6, 6.07) is 5.64. The third-order valence-corrected chi connectivity index (χ3v) is 2.93. The van der Waals surface area contributed by atoms with Crippen molar-refractivity contribution in [1.82, 2.24) is 0 Å². The molecule has 78 valence electrons. The van der Waals surface area contributed by atoms with Gasteiger partial charge in [0.05, 0.1) is 5.92 Å². The fourth-order valence-corrected chi connectivity index (χ4v) is 1.98. The second-order valence-corrected chi connectivity index (χ2v) is 3.90. The quantitative estimate of drug-likeness (QED) is 0.798. The van der Waals surface area contributed by atoms with E-state index >= 15 is 0 Å². The molecule has 0 saturated heterocycles. The van der Waals surface area contributed by atoms with E-state index in [-0.39, 0.29) is 18.6 Å². The molecule has 0 spiro atoms. The molecule has 2 atom stereocenters. The van der Waals surface area contributed by atoms with Crippen LogP contribution in [0.25, 0.3) is 0 Å². The molecule has 1 aromatic rings. The fraction of sp³-hybridized carbons (Fsp3) is 0.364. The van der Waals surface area contributed by atoms with Crippen LogP contribution in [0.15, 0.2) is 18.2 Å². The van der Waals surface area contributed by atoms with E-state index < -0.39 is 5.97 Å². The summed E-state index contributed by atoms with van der Waals surface area (Å²) >= 11 is 0. The lowest BCUT2D eigenvalue weighted by atomic mass is 10.1. The normalized spacial score (nSPS) is 26.4. The molecule has 0 unspecified atom stereocenters. The molecule has 1 fully saturated rings. The highest BCUT2D eigenvalue weighted by molar-refractivity contribution is 5.75. The van der Waals surface area contributed by atoms with Gasteiger partial charge in [-0.25, -0.2) is 0 Å². The van der Waals surface area contributed by atoms with Crippen molar-refractivity contribution >= 4 is 5.97 Å². The molecule has 1 aromatic carbocycles. The molecule has 0 radical (unpaired) electrons. The van der Waals surface area contributed by atoms with Crippen LogP contribution < -0.4 is 9.47 Å². The molecule has 1 aliphatic carbocycles. The van der Waals surface area contributed by atoms with Gasteiger partial charge in [-0.3, -0.25) is 4.79 Å². The Kier molecular flexibility index (Phi) is 1.65. The molecule has 3 rings (SSSR count). The van der Waals surface area contributed by atoms with Crippen LogP contribution in [0.3, 0.4) is 0 Å². The van der Waals surface area contributed by atoms with Gasteiger partial charge >= 0.3 is 5.97 Å². The number of carbonyl (C=O) groups is 1. The summed E-state index contributed by atoms with van der Waals surface area (Å²) in [6.07, 6.45) is 0.731. The monoisotopic (exact) mass is 206 g/mol. The van der Waals surface area contributed by atoms with Gasteiger partial charge in [0.1, 0.15) is 0 Å². The lowest BCUT2D eigenvalue weighted by Gasteiger charge is -2.00. The highest BCUT2D eigenvalue weighted by Gasteiger charge is 2.44.